The highest BCUT2D eigenvalue weighted by Gasteiger charge is 2.37. The fourth-order valence-corrected chi connectivity index (χ4v) is 8.72. The summed E-state index contributed by atoms with van der Waals surface area (Å²) >= 11 is 13.1. The van der Waals surface area contributed by atoms with E-state index in [4.69, 9.17) is 46.6 Å². The zero-order chi connectivity index (χ0) is 42.6. The monoisotopic (exact) mass is 877 g/mol. The molecule has 9 rings (SSSR count). The second-order valence-electron chi connectivity index (χ2n) is 15.6. The third kappa shape index (κ3) is 10.3. The standard InChI is InChI=1S/C45H43Cl2F2N3O9/c46-36-21-52(56)22-37(47)35(36)20-33(29-11-12-38(60-44(48)49)39(18-29)58-24-26-9-10-26)34-19-32(59-42(34)43(53)54)25-57-31-8-4-7-30(17-31)41(28-5-2-1-3-6-28)50-45(55)61-40-23-51-15-13-27(40)14-16-51/h1-8,11-12,17-19,21-22,26-27,33,40-41,44H,9-10,13-16,20,23-25H2,(H2-,50,53,54,55,56)/t33-,40-,41-/m0/s1. The first kappa shape index (κ1) is 42.1. The minimum atomic E-state index is -3.12. The number of carbonyl (C=O) groups is 2. The van der Waals surface area contributed by atoms with Crippen molar-refractivity contribution in [2.45, 2.75) is 63.4 Å². The lowest BCUT2D eigenvalue weighted by Gasteiger charge is -2.43. The molecule has 0 unspecified atom stereocenters. The van der Waals surface area contributed by atoms with Gasteiger partial charge in [-0.2, -0.15) is 8.78 Å². The molecule has 16 heteroatoms. The largest absolute Gasteiger partial charge is 0.542 e. The highest BCUT2D eigenvalue weighted by molar-refractivity contribution is 6.35. The summed E-state index contributed by atoms with van der Waals surface area (Å²) in [5.74, 6) is -1.97. The molecule has 0 radical (unpaired) electrons. The number of rotatable bonds is 17. The van der Waals surface area contributed by atoms with Crippen LogP contribution < -0.4 is 29.4 Å². The van der Waals surface area contributed by atoms with Crippen molar-refractivity contribution in [3.63, 3.8) is 0 Å². The van der Waals surface area contributed by atoms with Crippen molar-refractivity contribution in [1.29, 1.82) is 0 Å². The Morgan fingerprint density at radius 3 is 2.31 bits per heavy atom. The van der Waals surface area contributed by atoms with Gasteiger partial charge in [-0.25, -0.2) is 4.79 Å². The number of alkyl carbamates (subject to hydrolysis) is 1. The van der Waals surface area contributed by atoms with Crippen LogP contribution in [0.3, 0.4) is 0 Å². The number of furan rings is 1. The number of amides is 1. The van der Waals surface area contributed by atoms with Crippen LogP contribution in [0.2, 0.25) is 10.0 Å². The van der Waals surface area contributed by atoms with Gasteiger partial charge >= 0.3 is 12.7 Å². The normalized spacial score (nSPS) is 19.3. The summed E-state index contributed by atoms with van der Waals surface area (Å²) in [5, 5.41) is 26.0. The number of fused-ring (bicyclic) bond motifs is 3. The summed E-state index contributed by atoms with van der Waals surface area (Å²) in [6, 6.07) is 21.9. The van der Waals surface area contributed by atoms with Gasteiger partial charge in [0.05, 0.1) is 12.6 Å². The third-order valence-corrected chi connectivity index (χ3v) is 12.1. The van der Waals surface area contributed by atoms with Crippen molar-refractivity contribution in [3.05, 3.63) is 141 Å². The molecule has 5 heterocycles. The van der Waals surface area contributed by atoms with Crippen molar-refractivity contribution in [2.75, 3.05) is 26.2 Å². The minimum Gasteiger partial charge on any atom is -0.542 e. The van der Waals surface area contributed by atoms with Gasteiger partial charge in [-0.15, -0.1) is 0 Å². The first-order chi connectivity index (χ1) is 29.5. The van der Waals surface area contributed by atoms with Gasteiger partial charge in [0.15, 0.2) is 17.3 Å². The lowest BCUT2D eigenvalue weighted by Crippen LogP contribution is -2.52. The fourth-order valence-electron chi connectivity index (χ4n) is 8.11. The van der Waals surface area contributed by atoms with E-state index in [2.05, 4.69) is 10.2 Å². The van der Waals surface area contributed by atoms with Crippen molar-refractivity contribution in [3.8, 4) is 17.2 Å². The number of benzene rings is 3. The molecular weight excluding hydrogens is 835 g/mol. The number of alkyl halides is 2. The van der Waals surface area contributed by atoms with Gasteiger partial charge in [-0.3, -0.25) is 10.1 Å². The number of piperidine rings is 3. The van der Waals surface area contributed by atoms with E-state index in [1.54, 1.807) is 18.2 Å². The summed E-state index contributed by atoms with van der Waals surface area (Å²) in [4.78, 5) is 28.4. The molecule has 5 aromatic rings. The average Bonchev–Trinajstić information content (AvgIpc) is 3.98. The number of ether oxygens (including phenoxy) is 4. The number of hydrogen-bond donors (Lipinski definition) is 2. The molecule has 3 atom stereocenters. The summed E-state index contributed by atoms with van der Waals surface area (Å²) < 4.78 is 56.3. The molecular formula is C45H43Cl2F2N3O9. The number of carbonyl (C=O) groups excluding carboxylic acids is 2. The van der Waals surface area contributed by atoms with Crippen molar-refractivity contribution in [2.24, 2.45) is 11.8 Å². The zero-order valence-electron chi connectivity index (χ0n) is 32.8. The second-order valence-corrected chi connectivity index (χ2v) is 16.4. The SMILES string of the molecule is O=C(N[C@@H](c1ccccc1)c1cccc(OCc2cc([C@@H](Cc3c(Cl)c[n+](O)cc3Cl)c3ccc(OC(F)F)c(OCC4CC4)c3)c(C(=O)[O-])o2)c1)O[C@H]1CN2CCC1CC2. The molecule has 2 aromatic heterocycles. The van der Waals surface area contributed by atoms with Crippen LogP contribution in [0.15, 0.2) is 95.7 Å². The van der Waals surface area contributed by atoms with Crippen LogP contribution in [0.25, 0.3) is 0 Å². The molecule has 320 valence electrons. The number of nitrogens with zero attached hydrogens (tertiary/aromatic N) is 2. The molecule has 3 aliphatic heterocycles. The molecule has 0 spiro atoms. The van der Waals surface area contributed by atoms with Crippen LogP contribution in [0.1, 0.15) is 81.8 Å². The van der Waals surface area contributed by atoms with Crippen molar-refractivity contribution in [1.82, 2.24) is 10.2 Å². The molecule has 4 aliphatic rings. The topological polar surface area (TPSA) is 147 Å². The first-order valence-corrected chi connectivity index (χ1v) is 20.8. The Bertz CT molecular complexity index is 2330. The molecule has 12 nitrogen and oxygen atoms in total. The molecule has 1 amide bonds. The molecule has 2 N–H and O–H groups in total. The molecule has 1 aliphatic carbocycles. The Kier molecular flexibility index (Phi) is 12.8. The van der Waals surface area contributed by atoms with Gasteiger partial charge < -0.3 is 38.6 Å². The summed E-state index contributed by atoms with van der Waals surface area (Å²) in [7, 11) is 0. The maximum absolute atomic E-state index is 13.4. The zero-order valence-corrected chi connectivity index (χ0v) is 34.3. The predicted molar refractivity (Wildman–Crippen MR) is 215 cm³/mol. The third-order valence-electron chi connectivity index (χ3n) is 11.4. The van der Waals surface area contributed by atoms with E-state index >= 15 is 0 Å². The quantitative estimate of drug-likeness (QED) is 0.0703. The van der Waals surface area contributed by atoms with E-state index < -0.39 is 36.4 Å². The number of aromatic nitrogens is 1. The fraction of sp³-hybridized carbons (Fsp3) is 0.356. The second kappa shape index (κ2) is 18.6. The van der Waals surface area contributed by atoms with Crippen LogP contribution >= 0.6 is 23.2 Å². The lowest BCUT2D eigenvalue weighted by molar-refractivity contribution is -0.904. The number of aromatic carboxylic acids is 1. The average molecular weight is 879 g/mol. The van der Waals surface area contributed by atoms with Crippen LogP contribution in [0.4, 0.5) is 13.6 Å². The van der Waals surface area contributed by atoms with Gasteiger partial charge in [-0.05, 0) is 104 Å². The summed E-state index contributed by atoms with van der Waals surface area (Å²) in [5.41, 5.74) is 2.50. The molecule has 3 saturated heterocycles. The Balaban J connectivity index is 1.07. The maximum atomic E-state index is 13.4. The summed E-state index contributed by atoms with van der Waals surface area (Å²) in [6.07, 6.45) is 5.65. The number of carboxylic acid groups (broad SMARTS) is 1. The van der Waals surface area contributed by atoms with E-state index in [1.165, 1.54) is 36.7 Å². The Labute approximate surface area is 360 Å². The van der Waals surface area contributed by atoms with Crippen molar-refractivity contribution < 1.29 is 56.8 Å². The van der Waals surface area contributed by atoms with Crippen molar-refractivity contribution >= 4 is 35.3 Å². The van der Waals surface area contributed by atoms with E-state index in [1.807, 2.05) is 36.4 Å². The van der Waals surface area contributed by atoms with E-state index in [0.717, 1.165) is 50.9 Å². The molecule has 61 heavy (non-hydrogen) atoms. The molecule has 4 fully saturated rings. The van der Waals surface area contributed by atoms with Crippen LogP contribution in [-0.4, -0.2) is 61.1 Å². The molecule has 1 saturated carbocycles. The van der Waals surface area contributed by atoms with E-state index in [0.29, 0.717) is 33.1 Å². The molecule has 3 aromatic carbocycles. The number of halogens is 4. The van der Waals surface area contributed by atoms with E-state index in [9.17, 15) is 28.7 Å². The van der Waals surface area contributed by atoms with Gasteiger partial charge in [0, 0.05) is 28.3 Å². The Morgan fingerprint density at radius 2 is 1.64 bits per heavy atom. The lowest BCUT2D eigenvalue weighted by atomic mass is 9.85. The van der Waals surface area contributed by atoms with Gasteiger partial charge in [0.2, 0.25) is 12.4 Å². The minimum absolute atomic E-state index is 0.0201. The van der Waals surface area contributed by atoms with Crippen LogP contribution in [-0.2, 0) is 17.8 Å². The number of hydrogen-bond acceptors (Lipinski definition) is 10. The van der Waals surface area contributed by atoms with Gasteiger partial charge in [0.1, 0.15) is 40.2 Å². The predicted octanol–water partition coefficient (Wildman–Crippen LogP) is 7.73. The van der Waals surface area contributed by atoms with Crippen LogP contribution in [0, 0.1) is 11.8 Å². The highest BCUT2D eigenvalue weighted by atomic mass is 35.5. The smallest absolute Gasteiger partial charge is 0.408 e. The number of carboxylic acids is 1. The Morgan fingerprint density at radius 1 is 0.902 bits per heavy atom. The highest BCUT2D eigenvalue weighted by Crippen LogP contribution is 2.41. The Hall–Kier alpha value is -5.57. The van der Waals surface area contributed by atoms with Gasteiger partial charge in [0.25, 0.3) is 0 Å². The van der Waals surface area contributed by atoms with E-state index in [-0.39, 0.29) is 64.5 Å². The number of pyridine rings is 1. The molecule has 2 bridgehead atoms. The van der Waals surface area contributed by atoms with Gasteiger partial charge in [-0.1, -0.05) is 71.7 Å². The first-order valence-electron chi connectivity index (χ1n) is 20.1. The maximum Gasteiger partial charge on any atom is 0.408 e. The van der Waals surface area contributed by atoms with Crippen LogP contribution in [0.5, 0.6) is 17.2 Å². The number of nitrogens with one attached hydrogen (secondary N) is 1. The summed E-state index contributed by atoms with van der Waals surface area (Å²) in [6.45, 7) is -0.275.